The van der Waals surface area contributed by atoms with Crippen LogP contribution in [0, 0.1) is 0 Å². The molecule has 3 N–H and O–H groups in total. The molecular formula is C16H25N3S. The summed E-state index contributed by atoms with van der Waals surface area (Å²) in [7, 11) is 0. The van der Waals surface area contributed by atoms with Crippen molar-refractivity contribution in [3.63, 3.8) is 0 Å². The number of H-pyrrole nitrogens is 1. The highest BCUT2D eigenvalue weighted by Crippen LogP contribution is 2.09. The number of thiophene rings is 1. The fraction of sp³-hybridized carbons (Fsp3) is 0.500. The van der Waals surface area contributed by atoms with Crippen molar-refractivity contribution in [3.8, 4) is 0 Å². The Labute approximate surface area is 125 Å². The molecule has 110 valence electrons. The van der Waals surface area contributed by atoms with Gasteiger partial charge in [-0.25, -0.2) is 0 Å². The van der Waals surface area contributed by atoms with Gasteiger partial charge in [0.05, 0.1) is 0 Å². The van der Waals surface area contributed by atoms with Gasteiger partial charge in [-0.05, 0) is 47.4 Å². The summed E-state index contributed by atoms with van der Waals surface area (Å²) < 4.78 is 0. The molecule has 0 fully saturated rings. The number of aromatic nitrogens is 1. The minimum absolute atomic E-state index is 0.483. The van der Waals surface area contributed by atoms with Crippen LogP contribution in [-0.2, 0) is 19.5 Å². The zero-order valence-electron chi connectivity index (χ0n) is 12.6. The summed E-state index contributed by atoms with van der Waals surface area (Å²) in [5, 5.41) is 11.3. The maximum Gasteiger partial charge on any atom is 0.0359 e. The van der Waals surface area contributed by atoms with E-state index < -0.39 is 0 Å². The van der Waals surface area contributed by atoms with Crippen LogP contribution in [0.15, 0.2) is 29.1 Å². The van der Waals surface area contributed by atoms with E-state index in [0.717, 1.165) is 19.5 Å². The molecule has 0 aliphatic heterocycles. The highest BCUT2D eigenvalue weighted by Gasteiger charge is 2.06. The smallest absolute Gasteiger partial charge is 0.0359 e. The van der Waals surface area contributed by atoms with Gasteiger partial charge in [0.15, 0.2) is 0 Å². The summed E-state index contributed by atoms with van der Waals surface area (Å²) in [6, 6.07) is 5.44. The van der Waals surface area contributed by atoms with Gasteiger partial charge in [-0.1, -0.05) is 13.8 Å². The quantitative estimate of drug-likeness (QED) is 0.698. The number of aromatic amines is 1. The summed E-state index contributed by atoms with van der Waals surface area (Å²) in [5.41, 5.74) is 4.01. The topological polar surface area (TPSA) is 39.8 Å². The van der Waals surface area contributed by atoms with E-state index in [1.54, 1.807) is 11.3 Å². The Kier molecular flexibility index (Phi) is 5.83. The van der Waals surface area contributed by atoms with E-state index >= 15 is 0 Å². The van der Waals surface area contributed by atoms with Crippen molar-refractivity contribution in [2.24, 2.45) is 0 Å². The zero-order chi connectivity index (χ0) is 14.4. The minimum atomic E-state index is 0.483. The molecule has 2 aromatic rings. The van der Waals surface area contributed by atoms with Gasteiger partial charge in [0.1, 0.15) is 0 Å². The molecule has 2 rings (SSSR count). The van der Waals surface area contributed by atoms with Gasteiger partial charge < -0.3 is 15.6 Å². The fourth-order valence-electron chi connectivity index (χ4n) is 2.14. The van der Waals surface area contributed by atoms with Gasteiger partial charge in [0.2, 0.25) is 0 Å². The Morgan fingerprint density at radius 2 is 2.00 bits per heavy atom. The van der Waals surface area contributed by atoms with Crippen molar-refractivity contribution in [1.82, 2.24) is 15.6 Å². The van der Waals surface area contributed by atoms with Crippen molar-refractivity contribution < 1.29 is 0 Å². The van der Waals surface area contributed by atoms with E-state index in [1.807, 2.05) is 0 Å². The van der Waals surface area contributed by atoms with E-state index in [-0.39, 0.29) is 0 Å². The molecule has 3 nitrogen and oxygen atoms in total. The van der Waals surface area contributed by atoms with Gasteiger partial charge in [-0.2, -0.15) is 11.3 Å². The van der Waals surface area contributed by atoms with Crippen molar-refractivity contribution in [2.45, 2.75) is 52.4 Å². The molecule has 0 saturated heterocycles. The second kappa shape index (κ2) is 7.62. The summed E-state index contributed by atoms with van der Waals surface area (Å²) in [6.45, 7) is 8.44. The highest BCUT2D eigenvalue weighted by molar-refractivity contribution is 7.07. The van der Waals surface area contributed by atoms with Crippen LogP contribution < -0.4 is 10.6 Å². The Hall–Kier alpha value is -1.10. The number of rotatable bonds is 8. The van der Waals surface area contributed by atoms with Crippen LogP contribution in [0.2, 0.25) is 0 Å². The minimum Gasteiger partial charge on any atom is -0.364 e. The van der Waals surface area contributed by atoms with Crippen LogP contribution in [0.25, 0.3) is 0 Å². The Morgan fingerprint density at radius 1 is 1.15 bits per heavy atom. The molecule has 0 spiro atoms. The summed E-state index contributed by atoms with van der Waals surface area (Å²) in [6.07, 6.45) is 3.18. The van der Waals surface area contributed by atoms with Gasteiger partial charge in [0.25, 0.3) is 0 Å². The molecule has 0 saturated carbocycles. The first-order valence-corrected chi connectivity index (χ1v) is 8.22. The molecule has 0 aromatic carbocycles. The summed E-state index contributed by atoms with van der Waals surface area (Å²) in [5.74, 6) is 0. The van der Waals surface area contributed by atoms with E-state index in [9.17, 15) is 0 Å². The molecule has 2 heterocycles. The molecule has 0 radical (unpaired) electrons. The standard InChI is InChI=1S/C16H25N3S/c1-12(2)17-10-16-7-15(9-19-16)6-13(3)18-8-14-4-5-20-11-14/h4-5,7,9,11-13,17-19H,6,8,10H2,1-3H3. The highest BCUT2D eigenvalue weighted by atomic mass is 32.1. The van der Waals surface area contributed by atoms with Crippen LogP contribution in [0.1, 0.15) is 37.6 Å². The van der Waals surface area contributed by atoms with Crippen molar-refractivity contribution in [2.75, 3.05) is 0 Å². The third-order valence-electron chi connectivity index (χ3n) is 3.28. The maximum absolute atomic E-state index is 3.57. The largest absolute Gasteiger partial charge is 0.364 e. The molecule has 0 aliphatic carbocycles. The van der Waals surface area contributed by atoms with Crippen LogP contribution in [0.4, 0.5) is 0 Å². The first-order valence-electron chi connectivity index (χ1n) is 7.27. The normalized spacial score (nSPS) is 13.0. The van der Waals surface area contributed by atoms with Crippen molar-refractivity contribution >= 4 is 11.3 Å². The Balaban J connectivity index is 1.74. The van der Waals surface area contributed by atoms with E-state index in [2.05, 4.69) is 65.5 Å². The van der Waals surface area contributed by atoms with E-state index in [1.165, 1.54) is 16.8 Å². The lowest BCUT2D eigenvalue weighted by atomic mass is 10.1. The van der Waals surface area contributed by atoms with E-state index in [4.69, 9.17) is 0 Å². The molecule has 0 amide bonds. The van der Waals surface area contributed by atoms with Crippen LogP contribution in [0.3, 0.4) is 0 Å². The average molecular weight is 291 g/mol. The molecule has 0 aliphatic rings. The van der Waals surface area contributed by atoms with Crippen LogP contribution in [-0.4, -0.2) is 17.1 Å². The van der Waals surface area contributed by atoms with Crippen molar-refractivity contribution in [3.05, 3.63) is 45.9 Å². The number of hydrogen-bond donors (Lipinski definition) is 3. The van der Waals surface area contributed by atoms with Gasteiger partial charge in [-0.3, -0.25) is 0 Å². The predicted octanol–water partition coefficient (Wildman–Crippen LogP) is 3.30. The summed E-state index contributed by atoms with van der Waals surface area (Å²) in [4.78, 5) is 3.35. The zero-order valence-corrected chi connectivity index (χ0v) is 13.4. The summed E-state index contributed by atoms with van der Waals surface area (Å²) >= 11 is 1.75. The fourth-order valence-corrected chi connectivity index (χ4v) is 2.81. The molecule has 1 unspecified atom stereocenters. The third kappa shape index (κ3) is 5.12. The van der Waals surface area contributed by atoms with Gasteiger partial charge in [0, 0.05) is 37.1 Å². The van der Waals surface area contributed by atoms with Crippen molar-refractivity contribution in [1.29, 1.82) is 0 Å². The lowest BCUT2D eigenvalue weighted by molar-refractivity contribution is 0.546. The Morgan fingerprint density at radius 3 is 2.70 bits per heavy atom. The molecule has 0 bridgehead atoms. The lowest BCUT2D eigenvalue weighted by Gasteiger charge is -2.12. The second-order valence-corrected chi connectivity index (χ2v) is 6.47. The Bertz CT molecular complexity index is 488. The number of hydrogen-bond acceptors (Lipinski definition) is 3. The second-order valence-electron chi connectivity index (χ2n) is 5.69. The molecule has 1 atom stereocenters. The first-order chi connectivity index (χ1) is 9.63. The predicted molar refractivity (Wildman–Crippen MR) is 87.1 cm³/mol. The SMILES string of the molecule is CC(C)NCc1cc(CC(C)NCc2ccsc2)c[nH]1. The number of nitrogens with one attached hydrogen (secondary N) is 3. The maximum atomic E-state index is 3.57. The van der Waals surface area contributed by atoms with E-state index in [0.29, 0.717) is 12.1 Å². The van der Waals surface area contributed by atoms with Crippen LogP contribution in [0.5, 0.6) is 0 Å². The average Bonchev–Trinajstić information content (AvgIpc) is 3.05. The van der Waals surface area contributed by atoms with Crippen LogP contribution >= 0.6 is 11.3 Å². The molecule has 4 heteroatoms. The monoisotopic (exact) mass is 291 g/mol. The first kappa shape index (κ1) is 15.3. The van der Waals surface area contributed by atoms with Gasteiger partial charge in [-0.15, -0.1) is 0 Å². The molecule has 2 aromatic heterocycles. The molecular weight excluding hydrogens is 266 g/mol. The third-order valence-corrected chi connectivity index (χ3v) is 4.01. The molecule has 20 heavy (non-hydrogen) atoms. The van der Waals surface area contributed by atoms with Gasteiger partial charge >= 0.3 is 0 Å². The lowest BCUT2D eigenvalue weighted by Crippen LogP contribution is -2.27.